The average Bonchev–Trinajstić information content (AvgIpc) is 2.77. The Morgan fingerprint density at radius 3 is 2.29 bits per heavy atom. The lowest BCUT2D eigenvalue weighted by atomic mass is 9.82. The molecule has 102 valence electrons. The maximum atomic E-state index is 6.06. The van der Waals surface area contributed by atoms with E-state index >= 15 is 0 Å². The van der Waals surface area contributed by atoms with Crippen LogP contribution < -0.4 is 5.73 Å². The first kappa shape index (κ1) is 15.3. The second-order valence-corrected chi connectivity index (χ2v) is 8.04. The number of nitrogens with zero attached hydrogens (tertiary/aromatic N) is 1. The molecule has 0 bridgehead atoms. The molecule has 1 fully saturated rings. The molecule has 0 saturated carbocycles. The van der Waals surface area contributed by atoms with E-state index < -0.39 is 0 Å². The van der Waals surface area contributed by atoms with Crippen LogP contribution in [0.3, 0.4) is 0 Å². The Labute approximate surface area is 112 Å². The molecule has 2 nitrogen and oxygen atoms in total. The minimum absolute atomic E-state index is 0.169. The van der Waals surface area contributed by atoms with Crippen molar-refractivity contribution in [1.82, 2.24) is 4.90 Å². The zero-order chi connectivity index (χ0) is 13.1. The predicted octanol–water partition coefficient (Wildman–Crippen LogP) is 2.97. The van der Waals surface area contributed by atoms with E-state index in [4.69, 9.17) is 5.73 Å². The molecule has 1 rings (SSSR count). The van der Waals surface area contributed by atoms with Crippen molar-refractivity contribution >= 4 is 11.8 Å². The maximum absolute atomic E-state index is 6.06. The van der Waals surface area contributed by atoms with Crippen molar-refractivity contribution in [2.24, 2.45) is 11.1 Å². The van der Waals surface area contributed by atoms with Crippen LogP contribution in [0.15, 0.2) is 0 Å². The summed E-state index contributed by atoms with van der Waals surface area (Å²) in [4.78, 5) is 2.55. The molecule has 1 aliphatic rings. The number of rotatable bonds is 5. The van der Waals surface area contributed by atoms with Gasteiger partial charge in [-0.25, -0.2) is 0 Å². The summed E-state index contributed by atoms with van der Waals surface area (Å²) in [5.74, 6) is 2.59. The molecule has 2 unspecified atom stereocenters. The van der Waals surface area contributed by atoms with Gasteiger partial charge in [0.05, 0.1) is 0 Å². The van der Waals surface area contributed by atoms with Crippen LogP contribution in [-0.2, 0) is 0 Å². The van der Waals surface area contributed by atoms with Crippen molar-refractivity contribution in [2.45, 2.75) is 58.5 Å². The maximum Gasteiger partial charge on any atom is 0.0304 e. The van der Waals surface area contributed by atoms with E-state index in [0.717, 1.165) is 12.6 Å². The number of nitrogens with two attached hydrogens (primary N) is 1. The van der Waals surface area contributed by atoms with Crippen LogP contribution in [0.2, 0.25) is 0 Å². The molecule has 1 heterocycles. The normalized spacial score (nSPS) is 25.2. The minimum atomic E-state index is 0.169. The van der Waals surface area contributed by atoms with Gasteiger partial charge in [-0.2, -0.15) is 11.8 Å². The van der Waals surface area contributed by atoms with Crippen LogP contribution in [0.25, 0.3) is 0 Å². The van der Waals surface area contributed by atoms with Gasteiger partial charge in [0.1, 0.15) is 0 Å². The van der Waals surface area contributed by atoms with Crippen LogP contribution in [0.1, 0.15) is 47.0 Å². The van der Waals surface area contributed by atoms with E-state index in [1.807, 2.05) is 0 Å². The zero-order valence-electron chi connectivity index (χ0n) is 12.3. The van der Waals surface area contributed by atoms with E-state index in [1.165, 1.54) is 30.8 Å². The van der Waals surface area contributed by atoms with Gasteiger partial charge in [0, 0.05) is 23.9 Å². The van der Waals surface area contributed by atoms with Crippen molar-refractivity contribution in [3.8, 4) is 0 Å². The van der Waals surface area contributed by atoms with Crippen LogP contribution >= 0.6 is 11.8 Å². The zero-order valence-corrected chi connectivity index (χ0v) is 13.1. The topological polar surface area (TPSA) is 29.3 Å². The Hall–Kier alpha value is 0.270. The van der Waals surface area contributed by atoms with Gasteiger partial charge in [-0.1, -0.05) is 20.8 Å². The summed E-state index contributed by atoms with van der Waals surface area (Å²) in [7, 11) is 2.27. The molecule has 0 aromatic heterocycles. The van der Waals surface area contributed by atoms with E-state index in [9.17, 15) is 0 Å². The van der Waals surface area contributed by atoms with Gasteiger partial charge >= 0.3 is 0 Å². The molecule has 0 aromatic carbocycles. The van der Waals surface area contributed by atoms with Gasteiger partial charge in [0.2, 0.25) is 0 Å². The van der Waals surface area contributed by atoms with Crippen LogP contribution in [0.5, 0.6) is 0 Å². The van der Waals surface area contributed by atoms with Crippen LogP contribution in [-0.4, -0.2) is 41.6 Å². The fourth-order valence-electron chi connectivity index (χ4n) is 2.33. The summed E-state index contributed by atoms with van der Waals surface area (Å²) < 4.78 is 0. The molecule has 3 heteroatoms. The first-order valence-electron chi connectivity index (χ1n) is 6.79. The van der Waals surface area contributed by atoms with Crippen LogP contribution in [0, 0.1) is 5.41 Å². The highest BCUT2D eigenvalue weighted by Crippen LogP contribution is 2.32. The molecule has 0 aliphatic carbocycles. The third-order valence-corrected chi connectivity index (χ3v) is 5.30. The van der Waals surface area contributed by atoms with Crippen molar-refractivity contribution in [3.63, 3.8) is 0 Å². The van der Waals surface area contributed by atoms with Gasteiger partial charge < -0.3 is 5.73 Å². The molecule has 0 radical (unpaired) electrons. The van der Waals surface area contributed by atoms with Gasteiger partial charge in [0.15, 0.2) is 0 Å². The third kappa shape index (κ3) is 4.46. The fraction of sp³-hybridized carbons (Fsp3) is 1.00. The van der Waals surface area contributed by atoms with Gasteiger partial charge in [0.25, 0.3) is 0 Å². The summed E-state index contributed by atoms with van der Waals surface area (Å²) >= 11 is 2.08. The van der Waals surface area contributed by atoms with Crippen molar-refractivity contribution in [1.29, 1.82) is 0 Å². The standard InChI is InChI=1S/C14H30N2S/c1-13(2,3)7-8-14(4,11-15)16(5)12-6-9-17-10-12/h12H,6-11,15H2,1-5H3. The summed E-state index contributed by atoms with van der Waals surface area (Å²) in [6.07, 6.45) is 3.77. The molecule has 0 aromatic rings. The summed E-state index contributed by atoms with van der Waals surface area (Å²) in [6, 6.07) is 0.730. The molecule has 0 amide bonds. The second kappa shape index (κ2) is 5.94. The average molecular weight is 258 g/mol. The van der Waals surface area contributed by atoms with Gasteiger partial charge in [-0.15, -0.1) is 0 Å². The van der Waals surface area contributed by atoms with Crippen LogP contribution in [0.4, 0.5) is 0 Å². The third-order valence-electron chi connectivity index (χ3n) is 4.16. The Bertz CT molecular complexity index is 231. The minimum Gasteiger partial charge on any atom is -0.329 e. The Kier molecular flexibility index (Phi) is 5.36. The Morgan fingerprint density at radius 2 is 1.88 bits per heavy atom. The largest absolute Gasteiger partial charge is 0.329 e. The predicted molar refractivity (Wildman–Crippen MR) is 79.6 cm³/mol. The first-order valence-corrected chi connectivity index (χ1v) is 7.95. The van der Waals surface area contributed by atoms with E-state index in [1.54, 1.807) is 0 Å². The number of hydrogen-bond donors (Lipinski definition) is 1. The lowest BCUT2D eigenvalue weighted by molar-refractivity contribution is 0.0831. The highest BCUT2D eigenvalue weighted by molar-refractivity contribution is 7.99. The quantitative estimate of drug-likeness (QED) is 0.822. The van der Waals surface area contributed by atoms with Crippen molar-refractivity contribution in [2.75, 3.05) is 25.1 Å². The molecule has 2 N–H and O–H groups in total. The lowest BCUT2D eigenvalue weighted by Gasteiger charge is -2.43. The Balaban J connectivity index is 2.59. The van der Waals surface area contributed by atoms with Gasteiger partial charge in [-0.05, 0) is 44.4 Å². The molecule has 1 saturated heterocycles. The number of thioether (sulfide) groups is 1. The summed E-state index contributed by atoms with van der Waals surface area (Å²) in [5, 5.41) is 0. The SMILES string of the molecule is CN(C1CCSC1)C(C)(CN)CCC(C)(C)C. The highest BCUT2D eigenvalue weighted by Gasteiger charge is 2.34. The Morgan fingerprint density at radius 1 is 1.24 bits per heavy atom. The highest BCUT2D eigenvalue weighted by atomic mass is 32.2. The lowest BCUT2D eigenvalue weighted by Crippen LogP contribution is -2.54. The smallest absolute Gasteiger partial charge is 0.0304 e. The van der Waals surface area contributed by atoms with Crippen molar-refractivity contribution in [3.05, 3.63) is 0 Å². The molecule has 1 aliphatic heterocycles. The molecular weight excluding hydrogens is 228 g/mol. The molecule has 2 atom stereocenters. The summed E-state index contributed by atoms with van der Waals surface area (Å²) in [6.45, 7) is 10.0. The monoisotopic (exact) mass is 258 g/mol. The summed E-state index contributed by atoms with van der Waals surface area (Å²) in [5.41, 5.74) is 6.63. The molecular formula is C14H30N2S. The molecule has 0 spiro atoms. The van der Waals surface area contributed by atoms with E-state index in [2.05, 4.69) is 51.4 Å². The van der Waals surface area contributed by atoms with Crippen molar-refractivity contribution < 1.29 is 0 Å². The first-order chi connectivity index (χ1) is 7.78. The van der Waals surface area contributed by atoms with E-state index in [-0.39, 0.29) is 5.54 Å². The fourth-order valence-corrected chi connectivity index (χ4v) is 3.60. The van der Waals surface area contributed by atoms with Gasteiger partial charge in [-0.3, -0.25) is 4.90 Å². The number of likely N-dealkylation sites (N-methyl/N-ethyl adjacent to an activating group) is 1. The molecule has 17 heavy (non-hydrogen) atoms. The number of hydrogen-bond acceptors (Lipinski definition) is 3. The van der Waals surface area contributed by atoms with E-state index in [0.29, 0.717) is 5.41 Å². The second-order valence-electron chi connectivity index (χ2n) is 6.89.